The Morgan fingerprint density at radius 3 is 2.29 bits per heavy atom. The van der Waals surface area contributed by atoms with E-state index in [9.17, 15) is 13.2 Å². The predicted molar refractivity (Wildman–Crippen MR) is 87.7 cm³/mol. The number of hydrogen-bond acceptors (Lipinski definition) is 3. The standard InChI is InChI=1S/C13H17Br2NO4S/c1-13(2,3)16(7-6-12(17)18)21(19,20)11-5-4-9(14)8-10(11)15/h4-5,8H,6-7H2,1-3H3,(H,17,18). The summed E-state index contributed by atoms with van der Waals surface area (Å²) in [6, 6.07) is 4.77. The molecule has 0 heterocycles. The van der Waals surface area contributed by atoms with E-state index >= 15 is 0 Å². The van der Waals surface area contributed by atoms with Gasteiger partial charge in [-0.3, -0.25) is 4.79 Å². The van der Waals surface area contributed by atoms with E-state index in [0.717, 1.165) is 4.47 Å². The lowest BCUT2D eigenvalue weighted by atomic mass is 10.1. The molecule has 1 rings (SSSR count). The van der Waals surface area contributed by atoms with E-state index in [1.165, 1.54) is 10.4 Å². The van der Waals surface area contributed by atoms with Crippen LogP contribution in [0.4, 0.5) is 0 Å². The zero-order valence-corrected chi connectivity index (χ0v) is 15.9. The normalized spacial score (nSPS) is 12.7. The van der Waals surface area contributed by atoms with Gasteiger partial charge in [0.15, 0.2) is 0 Å². The van der Waals surface area contributed by atoms with Gasteiger partial charge in [-0.25, -0.2) is 8.42 Å². The van der Waals surface area contributed by atoms with E-state index in [0.29, 0.717) is 4.47 Å². The Balaban J connectivity index is 3.30. The van der Waals surface area contributed by atoms with E-state index in [1.54, 1.807) is 32.9 Å². The smallest absolute Gasteiger partial charge is 0.304 e. The van der Waals surface area contributed by atoms with Crippen LogP contribution in [0.15, 0.2) is 32.0 Å². The number of hydrogen-bond donors (Lipinski definition) is 1. The van der Waals surface area contributed by atoms with Crippen molar-refractivity contribution in [3.05, 3.63) is 27.1 Å². The third kappa shape index (κ3) is 4.77. The molecule has 0 aliphatic rings. The van der Waals surface area contributed by atoms with Crippen LogP contribution < -0.4 is 0 Å². The summed E-state index contributed by atoms with van der Waals surface area (Å²) in [6.45, 7) is 5.13. The van der Waals surface area contributed by atoms with Gasteiger partial charge in [0.25, 0.3) is 0 Å². The molecular formula is C13H17Br2NO4S. The molecule has 0 aromatic heterocycles. The van der Waals surface area contributed by atoms with Crippen LogP contribution in [0.2, 0.25) is 0 Å². The van der Waals surface area contributed by atoms with Crippen LogP contribution in [0.25, 0.3) is 0 Å². The molecule has 0 atom stereocenters. The molecule has 0 unspecified atom stereocenters. The quantitative estimate of drug-likeness (QED) is 0.757. The maximum atomic E-state index is 12.8. The van der Waals surface area contributed by atoms with Crippen molar-refractivity contribution in [2.45, 2.75) is 37.6 Å². The molecule has 0 radical (unpaired) electrons. The number of carboxylic acid groups (broad SMARTS) is 1. The van der Waals surface area contributed by atoms with E-state index in [1.807, 2.05) is 0 Å². The molecule has 1 N–H and O–H groups in total. The number of benzene rings is 1. The van der Waals surface area contributed by atoms with Gasteiger partial charge in [0.05, 0.1) is 11.3 Å². The van der Waals surface area contributed by atoms with Gasteiger partial charge in [-0.05, 0) is 54.9 Å². The zero-order valence-electron chi connectivity index (χ0n) is 11.9. The van der Waals surface area contributed by atoms with E-state index in [4.69, 9.17) is 5.11 Å². The second kappa shape index (κ2) is 6.76. The van der Waals surface area contributed by atoms with Crippen molar-refractivity contribution in [3.63, 3.8) is 0 Å². The average molecular weight is 443 g/mol. The van der Waals surface area contributed by atoms with Crippen LogP contribution in [0, 0.1) is 0 Å². The second-order valence-corrected chi connectivity index (χ2v) is 9.07. The van der Waals surface area contributed by atoms with Crippen LogP contribution >= 0.6 is 31.9 Å². The number of sulfonamides is 1. The van der Waals surface area contributed by atoms with Crippen LogP contribution in [0.5, 0.6) is 0 Å². The Bertz CT molecular complexity index is 638. The fourth-order valence-electron chi connectivity index (χ4n) is 1.82. The summed E-state index contributed by atoms with van der Waals surface area (Å²) >= 11 is 6.52. The third-order valence-electron chi connectivity index (χ3n) is 2.74. The van der Waals surface area contributed by atoms with Crippen LogP contribution in [0.1, 0.15) is 27.2 Å². The highest BCUT2D eigenvalue weighted by Gasteiger charge is 2.35. The second-order valence-electron chi connectivity index (χ2n) is 5.47. The molecule has 0 saturated heterocycles. The summed E-state index contributed by atoms with van der Waals surface area (Å²) < 4.78 is 28.0. The minimum atomic E-state index is -3.80. The molecule has 5 nitrogen and oxygen atoms in total. The van der Waals surface area contributed by atoms with Gasteiger partial charge in [-0.2, -0.15) is 4.31 Å². The van der Waals surface area contributed by atoms with Gasteiger partial charge in [0, 0.05) is 21.0 Å². The van der Waals surface area contributed by atoms with Crippen LogP contribution in [0.3, 0.4) is 0 Å². The van der Waals surface area contributed by atoms with Gasteiger partial charge in [0.2, 0.25) is 10.0 Å². The van der Waals surface area contributed by atoms with Crippen molar-refractivity contribution in [1.29, 1.82) is 0 Å². The highest BCUT2D eigenvalue weighted by molar-refractivity contribution is 9.11. The molecule has 21 heavy (non-hydrogen) atoms. The molecule has 0 aliphatic heterocycles. The molecule has 8 heteroatoms. The van der Waals surface area contributed by atoms with E-state index in [2.05, 4.69) is 31.9 Å². The minimum absolute atomic E-state index is 0.0797. The molecule has 0 fully saturated rings. The molecule has 1 aromatic carbocycles. The molecule has 1 aromatic rings. The topological polar surface area (TPSA) is 74.7 Å². The molecule has 118 valence electrons. The molecule has 0 saturated carbocycles. The first-order valence-electron chi connectivity index (χ1n) is 6.16. The summed E-state index contributed by atoms with van der Waals surface area (Å²) in [7, 11) is -3.80. The summed E-state index contributed by atoms with van der Waals surface area (Å²) in [5.74, 6) is -1.03. The minimum Gasteiger partial charge on any atom is -0.481 e. The first kappa shape index (κ1) is 18.6. The predicted octanol–water partition coefficient (Wildman–Crippen LogP) is 3.48. The maximum Gasteiger partial charge on any atom is 0.304 e. The summed E-state index contributed by atoms with van der Waals surface area (Å²) in [4.78, 5) is 10.9. The Morgan fingerprint density at radius 1 is 1.29 bits per heavy atom. The number of halogens is 2. The summed E-state index contributed by atoms with van der Waals surface area (Å²) in [6.07, 6.45) is -0.245. The van der Waals surface area contributed by atoms with Gasteiger partial charge >= 0.3 is 5.97 Å². The zero-order chi connectivity index (χ0) is 16.4. The van der Waals surface area contributed by atoms with Crippen LogP contribution in [-0.2, 0) is 14.8 Å². The lowest BCUT2D eigenvalue weighted by Crippen LogP contribution is -2.46. The van der Waals surface area contributed by atoms with E-state index in [-0.39, 0.29) is 17.9 Å². The van der Waals surface area contributed by atoms with Crippen molar-refractivity contribution in [3.8, 4) is 0 Å². The number of aliphatic carboxylic acids is 1. The fourth-order valence-corrected chi connectivity index (χ4v) is 5.31. The van der Waals surface area contributed by atoms with Crippen molar-refractivity contribution < 1.29 is 18.3 Å². The van der Waals surface area contributed by atoms with E-state index < -0.39 is 21.5 Å². The fraction of sp³-hybridized carbons (Fsp3) is 0.462. The Kier molecular flexibility index (Phi) is 5.99. The SMILES string of the molecule is CC(C)(C)N(CCC(=O)O)S(=O)(=O)c1ccc(Br)cc1Br. The van der Waals surface area contributed by atoms with Crippen LogP contribution in [-0.4, -0.2) is 35.9 Å². The summed E-state index contributed by atoms with van der Waals surface area (Å²) in [5, 5.41) is 8.82. The Morgan fingerprint density at radius 2 is 1.86 bits per heavy atom. The molecule has 0 amide bonds. The molecular weight excluding hydrogens is 426 g/mol. The van der Waals surface area contributed by atoms with Crippen molar-refractivity contribution >= 4 is 47.9 Å². The Labute approximate surface area is 141 Å². The first-order valence-corrected chi connectivity index (χ1v) is 9.18. The van der Waals surface area contributed by atoms with Crippen molar-refractivity contribution in [2.75, 3.05) is 6.54 Å². The highest BCUT2D eigenvalue weighted by Crippen LogP contribution is 2.31. The average Bonchev–Trinajstić information content (AvgIpc) is 2.25. The maximum absolute atomic E-state index is 12.8. The monoisotopic (exact) mass is 441 g/mol. The summed E-state index contributed by atoms with van der Waals surface area (Å²) in [5.41, 5.74) is -0.721. The van der Waals surface area contributed by atoms with Crippen molar-refractivity contribution in [2.24, 2.45) is 0 Å². The molecule has 0 bridgehead atoms. The van der Waals surface area contributed by atoms with Gasteiger partial charge in [-0.1, -0.05) is 15.9 Å². The number of carboxylic acids is 1. The third-order valence-corrected chi connectivity index (χ3v) is 6.37. The molecule has 0 aliphatic carbocycles. The van der Waals surface area contributed by atoms with Crippen molar-refractivity contribution in [1.82, 2.24) is 4.31 Å². The number of rotatable bonds is 5. The van der Waals surface area contributed by atoms with Gasteiger partial charge in [-0.15, -0.1) is 0 Å². The molecule has 0 spiro atoms. The Hall–Kier alpha value is -0.440. The van der Waals surface area contributed by atoms with Gasteiger partial charge < -0.3 is 5.11 Å². The largest absolute Gasteiger partial charge is 0.481 e. The lowest BCUT2D eigenvalue weighted by molar-refractivity contribution is -0.137. The number of carbonyl (C=O) groups is 1. The number of nitrogens with zero attached hydrogens (tertiary/aromatic N) is 1. The first-order chi connectivity index (χ1) is 9.46. The lowest BCUT2D eigenvalue weighted by Gasteiger charge is -2.34. The highest BCUT2D eigenvalue weighted by atomic mass is 79.9. The van der Waals surface area contributed by atoms with Gasteiger partial charge in [0.1, 0.15) is 0 Å².